The van der Waals surface area contributed by atoms with Gasteiger partial charge in [0.15, 0.2) is 0 Å². The van der Waals surface area contributed by atoms with Gasteiger partial charge in [-0.15, -0.1) is 5.10 Å². The Morgan fingerprint density at radius 1 is 1.64 bits per heavy atom. The fourth-order valence-corrected chi connectivity index (χ4v) is 0.794. The molecule has 7 nitrogen and oxygen atoms in total. The summed E-state index contributed by atoms with van der Waals surface area (Å²) in [6.45, 7) is 0.366. The molecule has 0 fully saturated rings. The van der Waals surface area contributed by atoms with Gasteiger partial charge < -0.3 is 5.11 Å². The average molecular weight is 198 g/mol. The Labute approximate surface area is 79.6 Å². The van der Waals surface area contributed by atoms with E-state index in [1.807, 2.05) is 0 Å². The van der Waals surface area contributed by atoms with Gasteiger partial charge in [0.05, 0.1) is 13.2 Å². The van der Waals surface area contributed by atoms with E-state index in [1.54, 1.807) is 12.2 Å². The van der Waals surface area contributed by atoms with E-state index < -0.39 is 5.91 Å². The van der Waals surface area contributed by atoms with Gasteiger partial charge in [-0.2, -0.15) is 0 Å². The Morgan fingerprint density at radius 2 is 2.43 bits per heavy atom. The molecule has 0 aliphatic carbocycles. The van der Waals surface area contributed by atoms with Gasteiger partial charge in [0.1, 0.15) is 6.33 Å². The third-order valence-electron chi connectivity index (χ3n) is 1.41. The number of allylic oxidation sites excluding steroid dienone is 1. The average Bonchev–Trinajstić information content (AvgIpc) is 2.66. The van der Waals surface area contributed by atoms with Crippen molar-refractivity contribution in [1.29, 1.82) is 0 Å². The normalized spacial score (nSPS) is 10.7. The minimum absolute atomic E-state index is 0.0430. The molecule has 1 aromatic heterocycles. The molecule has 1 aromatic rings. The number of hydrogen-bond donors (Lipinski definition) is 3. The molecule has 0 spiro atoms. The maximum absolute atomic E-state index is 10.8. The molecule has 0 aliphatic rings. The number of amides is 1. The summed E-state index contributed by atoms with van der Waals surface area (Å²) in [7, 11) is 0. The highest BCUT2D eigenvalue weighted by molar-refractivity contribution is 5.89. The van der Waals surface area contributed by atoms with Gasteiger partial charge in [0, 0.05) is 0 Å². The van der Waals surface area contributed by atoms with Gasteiger partial charge in [-0.05, 0) is 0 Å². The SMILES string of the molecule is O=C(NO)c1ncn(C/C=C\CO)n1. The Bertz CT molecular complexity index is 333. The molecule has 1 heterocycles. The molecule has 0 saturated carbocycles. The molecule has 1 rings (SSSR count). The minimum atomic E-state index is -0.755. The molecule has 3 N–H and O–H groups in total. The van der Waals surface area contributed by atoms with Crippen molar-refractivity contribution in [3.05, 3.63) is 24.3 Å². The summed E-state index contributed by atoms with van der Waals surface area (Å²) in [4.78, 5) is 14.4. The van der Waals surface area contributed by atoms with E-state index in [0.29, 0.717) is 6.54 Å². The second-order valence-corrected chi connectivity index (χ2v) is 2.39. The summed E-state index contributed by atoms with van der Waals surface area (Å²) in [6.07, 6.45) is 4.58. The summed E-state index contributed by atoms with van der Waals surface area (Å²) >= 11 is 0. The number of nitrogens with one attached hydrogen (secondary N) is 1. The summed E-state index contributed by atoms with van der Waals surface area (Å²) < 4.78 is 1.40. The maximum Gasteiger partial charge on any atom is 0.314 e. The van der Waals surface area contributed by atoms with Crippen molar-refractivity contribution in [1.82, 2.24) is 20.2 Å². The number of aromatic nitrogens is 3. The van der Waals surface area contributed by atoms with Crippen LogP contribution >= 0.6 is 0 Å². The first kappa shape index (κ1) is 10.4. The van der Waals surface area contributed by atoms with Gasteiger partial charge in [-0.25, -0.2) is 15.1 Å². The fourth-order valence-electron chi connectivity index (χ4n) is 0.794. The molecule has 0 aliphatic heterocycles. The van der Waals surface area contributed by atoms with Gasteiger partial charge in [-0.3, -0.25) is 10.0 Å². The molecular formula is C7H10N4O3. The number of nitrogens with zero attached hydrogens (tertiary/aromatic N) is 3. The van der Waals surface area contributed by atoms with Crippen LogP contribution < -0.4 is 5.48 Å². The summed E-state index contributed by atoms with van der Waals surface area (Å²) in [5.41, 5.74) is 1.43. The van der Waals surface area contributed by atoms with Crippen LogP contribution in [0.1, 0.15) is 10.6 Å². The van der Waals surface area contributed by atoms with E-state index in [9.17, 15) is 4.79 Å². The molecule has 0 unspecified atom stereocenters. The molecule has 0 bridgehead atoms. The molecule has 7 heteroatoms. The Kier molecular flexibility index (Phi) is 3.77. The molecule has 0 atom stereocenters. The van der Waals surface area contributed by atoms with Crippen molar-refractivity contribution in [3.8, 4) is 0 Å². The monoisotopic (exact) mass is 198 g/mol. The Morgan fingerprint density at radius 3 is 3.07 bits per heavy atom. The van der Waals surface area contributed by atoms with Crippen molar-refractivity contribution in [2.45, 2.75) is 6.54 Å². The van der Waals surface area contributed by atoms with Crippen LogP contribution in [0.3, 0.4) is 0 Å². The van der Waals surface area contributed by atoms with Crippen molar-refractivity contribution in [2.24, 2.45) is 0 Å². The molecule has 0 radical (unpaired) electrons. The molecular weight excluding hydrogens is 188 g/mol. The number of carbonyl (C=O) groups is 1. The highest BCUT2D eigenvalue weighted by atomic mass is 16.5. The third-order valence-corrected chi connectivity index (χ3v) is 1.41. The van der Waals surface area contributed by atoms with E-state index in [-0.39, 0.29) is 12.4 Å². The van der Waals surface area contributed by atoms with Crippen LogP contribution in [0.25, 0.3) is 0 Å². The number of carbonyl (C=O) groups excluding carboxylic acids is 1. The number of hydrogen-bond acceptors (Lipinski definition) is 5. The molecule has 14 heavy (non-hydrogen) atoms. The largest absolute Gasteiger partial charge is 0.392 e. The van der Waals surface area contributed by atoms with Gasteiger partial charge in [-0.1, -0.05) is 12.2 Å². The predicted octanol–water partition coefficient (Wildman–Crippen LogP) is -1.05. The zero-order valence-corrected chi connectivity index (χ0v) is 7.29. The lowest BCUT2D eigenvalue weighted by Gasteiger charge is -1.92. The van der Waals surface area contributed by atoms with Crippen LogP contribution in [0, 0.1) is 0 Å². The van der Waals surface area contributed by atoms with Gasteiger partial charge in [0.25, 0.3) is 0 Å². The number of rotatable bonds is 4. The number of aliphatic hydroxyl groups excluding tert-OH is 1. The second-order valence-electron chi connectivity index (χ2n) is 2.39. The molecule has 76 valence electrons. The van der Waals surface area contributed by atoms with Crippen molar-refractivity contribution < 1.29 is 15.1 Å². The lowest BCUT2D eigenvalue weighted by atomic mass is 10.5. The molecule has 0 aromatic carbocycles. The van der Waals surface area contributed by atoms with Crippen LogP contribution in [-0.2, 0) is 6.54 Å². The quantitative estimate of drug-likeness (QED) is 0.325. The highest BCUT2D eigenvalue weighted by Crippen LogP contribution is 1.90. The van der Waals surface area contributed by atoms with Crippen LogP contribution in [0.15, 0.2) is 18.5 Å². The lowest BCUT2D eigenvalue weighted by Crippen LogP contribution is -2.20. The maximum atomic E-state index is 10.8. The van der Waals surface area contributed by atoms with Crippen LogP contribution in [-0.4, -0.2) is 37.6 Å². The first-order valence-electron chi connectivity index (χ1n) is 3.87. The number of hydroxylamine groups is 1. The minimum Gasteiger partial charge on any atom is -0.392 e. The van der Waals surface area contributed by atoms with E-state index in [2.05, 4.69) is 10.1 Å². The number of aliphatic hydroxyl groups is 1. The Hall–Kier alpha value is -1.73. The zero-order chi connectivity index (χ0) is 10.4. The lowest BCUT2D eigenvalue weighted by molar-refractivity contribution is 0.0694. The van der Waals surface area contributed by atoms with Gasteiger partial charge >= 0.3 is 5.91 Å². The Balaban J connectivity index is 2.59. The van der Waals surface area contributed by atoms with Crippen molar-refractivity contribution >= 4 is 5.91 Å². The van der Waals surface area contributed by atoms with Crippen LogP contribution in [0.4, 0.5) is 0 Å². The van der Waals surface area contributed by atoms with Crippen LogP contribution in [0.5, 0.6) is 0 Å². The molecule has 0 saturated heterocycles. The third kappa shape index (κ3) is 2.64. The first-order valence-corrected chi connectivity index (χ1v) is 3.87. The molecule has 1 amide bonds. The van der Waals surface area contributed by atoms with Gasteiger partial charge in [0.2, 0.25) is 5.82 Å². The standard InChI is InChI=1S/C7H10N4O3/c12-4-2-1-3-11-5-8-6(9-11)7(13)10-14/h1-2,5,12,14H,3-4H2,(H,10,13)/b2-1-. The second kappa shape index (κ2) is 5.10. The van der Waals surface area contributed by atoms with Crippen LogP contribution in [0.2, 0.25) is 0 Å². The summed E-state index contributed by atoms with van der Waals surface area (Å²) in [5.74, 6) is -0.861. The highest BCUT2D eigenvalue weighted by Gasteiger charge is 2.08. The van der Waals surface area contributed by atoms with E-state index in [1.165, 1.54) is 16.5 Å². The van der Waals surface area contributed by atoms with E-state index in [0.717, 1.165) is 0 Å². The van der Waals surface area contributed by atoms with Crippen molar-refractivity contribution in [2.75, 3.05) is 6.61 Å². The smallest absolute Gasteiger partial charge is 0.314 e. The summed E-state index contributed by atoms with van der Waals surface area (Å²) in [6, 6.07) is 0. The van der Waals surface area contributed by atoms with E-state index in [4.69, 9.17) is 10.3 Å². The fraction of sp³-hybridized carbons (Fsp3) is 0.286. The first-order chi connectivity index (χ1) is 6.77. The van der Waals surface area contributed by atoms with E-state index >= 15 is 0 Å². The topological polar surface area (TPSA) is 100 Å². The predicted molar refractivity (Wildman–Crippen MR) is 45.5 cm³/mol. The summed E-state index contributed by atoms with van der Waals surface area (Å²) in [5, 5.41) is 20.5. The zero-order valence-electron chi connectivity index (χ0n) is 7.29. The van der Waals surface area contributed by atoms with Crippen molar-refractivity contribution in [3.63, 3.8) is 0 Å².